The van der Waals surface area contributed by atoms with Gasteiger partial charge in [-0.05, 0) is 0 Å². The first kappa shape index (κ1) is 15.8. The van der Waals surface area contributed by atoms with E-state index in [0.717, 1.165) is 0 Å². The second-order valence-corrected chi connectivity index (χ2v) is 8.49. The quantitative estimate of drug-likeness (QED) is 0.689. The molecule has 1 heterocycles. The van der Waals surface area contributed by atoms with E-state index in [0.29, 0.717) is 19.8 Å². The summed E-state index contributed by atoms with van der Waals surface area (Å²) in [5, 5.41) is 0. The SMILES string of the molecule is CC[O][Ti]([O]CC)([O]CC)[CH](C)c1ccncc1. The van der Waals surface area contributed by atoms with Gasteiger partial charge in [-0.25, -0.2) is 0 Å². The summed E-state index contributed by atoms with van der Waals surface area (Å²) in [5.74, 6) is 0. The monoisotopic (exact) mass is 289 g/mol. The van der Waals surface area contributed by atoms with Crippen LogP contribution in [0.15, 0.2) is 24.5 Å². The van der Waals surface area contributed by atoms with Crippen LogP contribution in [0.25, 0.3) is 0 Å². The molecule has 0 aliphatic carbocycles. The molecule has 0 bridgehead atoms. The zero-order chi connectivity index (χ0) is 13.4. The molecule has 1 aromatic heterocycles. The van der Waals surface area contributed by atoms with Crippen LogP contribution in [-0.2, 0) is 27.7 Å². The number of aromatic nitrogens is 1. The fourth-order valence-corrected chi connectivity index (χ4v) is 6.34. The van der Waals surface area contributed by atoms with E-state index in [4.69, 9.17) is 9.96 Å². The van der Waals surface area contributed by atoms with E-state index in [2.05, 4.69) is 11.9 Å². The molecule has 4 nitrogen and oxygen atoms in total. The van der Waals surface area contributed by atoms with E-state index in [1.165, 1.54) is 5.56 Å². The number of rotatable bonds is 8. The Kier molecular flexibility index (Phi) is 7.04. The molecule has 0 N–H and O–H groups in total. The Balaban J connectivity index is 2.99. The summed E-state index contributed by atoms with van der Waals surface area (Å²) in [5.41, 5.74) is 1.17. The molecule has 0 fully saturated rings. The molecule has 102 valence electrons. The molecule has 0 amide bonds. The third-order valence-electron chi connectivity index (χ3n) is 2.77. The van der Waals surface area contributed by atoms with E-state index in [9.17, 15) is 0 Å². The Morgan fingerprint density at radius 3 is 1.83 bits per heavy atom. The van der Waals surface area contributed by atoms with Crippen LogP contribution in [0, 0.1) is 0 Å². The van der Waals surface area contributed by atoms with E-state index < -0.39 is 17.8 Å². The van der Waals surface area contributed by atoms with E-state index in [1.807, 2.05) is 32.9 Å². The minimum atomic E-state index is -3.25. The topological polar surface area (TPSA) is 40.6 Å². The molecular formula is C13H23NO3Ti. The molecule has 0 saturated carbocycles. The van der Waals surface area contributed by atoms with Crippen LogP contribution >= 0.6 is 0 Å². The first-order valence-corrected chi connectivity index (χ1v) is 9.33. The molecule has 5 heteroatoms. The maximum absolute atomic E-state index is 5.95. The first-order chi connectivity index (χ1) is 8.70. The van der Waals surface area contributed by atoms with Gasteiger partial charge in [-0.3, -0.25) is 0 Å². The van der Waals surface area contributed by atoms with E-state index >= 15 is 0 Å². The van der Waals surface area contributed by atoms with Crippen molar-refractivity contribution < 1.29 is 27.7 Å². The van der Waals surface area contributed by atoms with Gasteiger partial charge in [-0.2, -0.15) is 0 Å². The van der Waals surface area contributed by atoms with Crippen LogP contribution in [0.5, 0.6) is 0 Å². The third kappa shape index (κ3) is 3.87. The summed E-state index contributed by atoms with van der Waals surface area (Å²) < 4.78 is 18.0. The number of pyridine rings is 1. The predicted octanol–water partition coefficient (Wildman–Crippen LogP) is 3.15. The molecule has 0 aliphatic heterocycles. The van der Waals surface area contributed by atoms with Crippen LogP contribution < -0.4 is 0 Å². The van der Waals surface area contributed by atoms with Gasteiger partial charge in [0.2, 0.25) is 0 Å². The van der Waals surface area contributed by atoms with Crippen LogP contribution in [0.1, 0.15) is 37.5 Å². The third-order valence-corrected chi connectivity index (χ3v) is 8.19. The summed E-state index contributed by atoms with van der Waals surface area (Å²) in [6, 6.07) is 4.00. The molecule has 1 unspecified atom stereocenters. The van der Waals surface area contributed by atoms with Gasteiger partial charge in [-0.15, -0.1) is 0 Å². The van der Waals surface area contributed by atoms with Gasteiger partial charge in [0.05, 0.1) is 0 Å². The number of hydrogen-bond donors (Lipinski definition) is 0. The van der Waals surface area contributed by atoms with Crippen molar-refractivity contribution in [2.24, 2.45) is 0 Å². The second kappa shape index (κ2) is 8.02. The summed E-state index contributed by atoms with van der Waals surface area (Å²) in [7, 11) is 0. The minimum absolute atomic E-state index is 0.160. The standard InChI is InChI=1S/C7H8N.3C2H5O.Ti/c1-2-7-3-5-8-6-4-7;3*1-2-3;/h2-6H,1H3;3*2H2,1H3;/q;3*-1;+3. The van der Waals surface area contributed by atoms with Crippen molar-refractivity contribution in [3.8, 4) is 0 Å². The van der Waals surface area contributed by atoms with Crippen molar-refractivity contribution in [3.05, 3.63) is 30.1 Å². The van der Waals surface area contributed by atoms with Gasteiger partial charge >= 0.3 is 115 Å². The van der Waals surface area contributed by atoms with Crippen molar-refractivity contribution in [2.45, 2.75) is 31.9 Å². The van der Waals surface area contributed by atoms with E-state index in [-0.39, 0.29) is 4.22 Å². The van der Waals surface area contributed by atoms with Crippen molar-refractivity contribution >= 4 is 0 Å². The average Bonchev–Trinajstić information content (AvgIpc) is 2.39. The van der Waals surface area contributed by atoms with Crippen LogP contribution in [0.2, 0.25) is 0 Å². The van der Waals surface area contributed by atoms with Crippen molar-refractivity contribution in [2.75, 3.05) is 19.8 Å². The predicted molar refractivity (Wildman–Crippen MR) is 67.5 cm³/mol. The van der Waals surface area contributed by atoms with Crippen LogP contribution in [0.4, 0.5) is 0 Å². The zero-order valence-electron chi connectivity index (χ0n) is 11.7. The Morgan fingerprint density at radius 2 is 1.44 bits per heavy atom. The van der Waals surface area contributed by atoms with Crippen LogP contribution in [0.3, 0.4) is 0 Å². The Bertz CT molecular complexity index is 317. The summed E-state index contributed by atoms with van der Waals surface area (Å²) in [6.45, 7) is 9.93. The van der Waals surface area contributed by atoms with Gasteiger partial charge in [0.1, 0.15) is 0 Å². The van der Waals surface area contributed by atoms with Gasteiger partial charge in [-0.1, -0.05) is 0 Å². The maximum atomic E-state index is 5.95. The Labute approximate surface area is 114 Å². The molecular weight excluding hydrogens is 266 g/mol. The molecule has 18 heavy (non-hydrogen) atoms. The van der Waals surface area contributed by atoms with Gasteiger partial charge in [0.15, 0.2) is 0 Å². The Morgan fingerprint density at radius 1 is 1.00 bits per heavy atom. The molecule has 0 aliphatic rings. The fraction of sp³-hybridized carbons (Fsp3) is 0.615. The Hall–Kier alpha value is -0.256. The normalized spacial score (nSPS) is 13.6. The first-order valence-electron chi connectivity index (χ1n) is 6.51. The number of hydrogen-bond acceptors (Lipinski definition) is 4. The van der Waals surface area contributed by atoms with Crippen molar-refractivity contribution in [3.63, 3.8) is 0 Å². The summed E-state index contributed by atoms with van der Waals surface area (Å²) in [6.07, 6.45) is 3.59. The summed E-state index contributed by atoms with van der Waals surface area (Å²) in [4.78, 5) is 4.05. The zero-order valence-corrected chi connectivity index (χ0v) is 13.2. The molecule has 0 radical (unpaired) electrons. The fourth-order valence-electron chi connectivity index (χ4n) is 1.96. The summed E-state index contributed by atoms with van der Waals surface area (Å²) >= 11 is -3.25. The van der Waals surface area contributed by atoms with E-state index in [1.54, 1.807) is 12.4 Å². The van der Waals surface area contributed by atoms with Crippen molar-refractivity contribution in [1.82, 2.24) is 4.98 Å². The average molecular weight is 289 g/mol. The number of nitrogens with zero attached hydrogens (tertiary/aromatic N) is 1. The van der Waals surface area contributed by atoms with Gasteiger partial charge in [0.25, 0.3) is 0 Å². The molecule has 0 saturated heterocycles. The molecule has 0 spiro atoms. The second-order valence-electron chi connectivity index (χ2n) is 3.90. The molecule has 1 aromatic rings. The molecule has 1 rings (SSSR count). The van der Waals surface area contributed by atoms with Gasteiger partial charge in [0, 0.05) is 0 Å². The van der Waals surface area contributed by atoms with Gasteiger partial charge < -0.3 is 0 Å². The molecule has 0 aromatic carbocycles. The molecule has 1 atom stereocenters. The van der Waals surface area contributed by atoms with Crippen LogP contribution in [-0.4, -0.2) is 24.8 Å². The van der Waals surface area contributed by atoms with Crippen molar-refractivity contribution in [1.29, 1.82) is 0 Å².